The number of thioether (sulfide) groups is 1. The molecule has 2 amide bonds. The van der Waals surface area contributed by atoms with Crippen LogP contribution < -0.4 is 11.1 Å². The lowest BCUT2D eigenvalue weighted by Gasteiger charge is -2.09. The van der Waals surface area contributed by atoms with Crippen LogP contribution in [-0.4, -0.2) is 44.3 Å². The van der Waals surface area contributed by atoms with Crippen molar-refractivity contribution in [3.63, 3.8) is 0 Å². The Hall–Kier alpha value is -1.64. The van der Waals surface area contributed by atoms with E-state index in [0.717, 1.165) is 0 Å². The fraction of sp³-hybridized carbons (Fsp3) is 0.700. The molecule has 0 aromatic carbocycles. The molecule has 1 atom stereocenters. The van der Waals surface area contributed by atoms with Crippen molar-refractivity contribution in [1.82, 2.24) is 25.5 Å². The van der Waals surface area contributed by atoms with Crippen LogP contribution in [0, 0.1) is 5.92 Å². The van der Waals surface area contributed by atoms with Crippen molar-refractivity contribution in [3.05, 3.63) is 0 Å². The number of carbonyl (C=O) groups excluding carboxylic acids is 2. The lowest BCUT2D eigenvalue weighted by molar-refractivity contribution is -0.122. The zero-order valence-corrected chi connectivity index (χ0v) is 11.8. The summed E-state index contributed by atoms with van der Waals surface area (Å²) in [5.41, 5.74) is 5.06. The Kier molecular flexibility index (Phi) is 6.26. The molecule has 0 aliphatic carbocycles. The molecule has 1 aromatic rings. The van der Waals surface area contributed by atoms with E-state index in [9.17, 15) is 9.59 Å². The summed E-state index contributed by atoms with van der Waals surface area (Å²) in [5, 5.41) is 14.5. The predicted octanol–water partition coefficient (Wildman–Crippen LogP) is -0.680. The van der Waals surface area contributed by atoms with Gasteiger partial charge in [-0.2, -0.15) is 0 Å². The van der Waals surface area contributed by atoms with E-state index in [-0.39, 0.29) is 24.2 Å². The molecular formula is C10H18N6O2S. The Morgan fingerprint density at radius 2 is 2.21 bits per heavy atom. The molecule has 1 heterocycles. The number of aryl methyl sites for hydroxylation is 1. The molecule has 0 spiro atoms. The highest BCUT2D eigenvalue weighted by Gasteiger charge is 2.11. The summed E-state index contributed by atoms with van der Waals surface area (Å²) in [6, 6.07) is 0. The average Bonchev–Trinajstić information content (AvgIpc) is 2.69. The Labute approximate surface area is 115 Å². The van der Waals surface area contributed by atoms with E-state index >= 15 is 0 Å². The zero-order valence-electron chi connectivity index (χ0n) is 11.0. The molecule has 0 unspecified atom stereocenters. The second-order valence-corrected chi connectivity index (χ2v) is 5.33. The molecule has 0 aliphatic heterocycles. The van der Waals surface area contributed by atoms with E-state index in [1.54, 1.807) is 11.7 Å². The fourth-order valence-electron chi connectivity index (χ4n) is 1.48. The molecule has 9 heteroatoms. The van der Waals surface area contributed by atoms with E-state index in [1.165, 1.54) is 11.8 Å². The van der Waals surface area contributed by atoms with Gasteiger partial charge in [0, 0.05) is 32.2 Å². The standard InChI is InChI=1S/C10H18N6O2S/c1-7(5-8(11)17)6-9(18)12-3-4-19-10-13-14-15-16(10)2/h7H,3-6H2,1-2H3,(H2,11,17)(H,12,18)/t7-/m1/s1. The van der Waals surface area contributed by atoms with Crippen molar-refractivity contribution in [1.29, 1.82) is 0 Å². The van der Waals surface area contributed by atoms with E-state index in [4.69, 9.17) is 5.73 Å². The number of primary amides is 1. The summed E-state index contributed by atoms with van der Waals surface area (Å²) in [4.78, 5) is 22.2. The van der Waals surface area contributed by atoms with Crippen LogP contribution in [-0.2, 0) is 16.6 Å². The summed E-state index contributed by atoms with van der Waals surface area (Å²) in [6.45, 7) is 2.35. The number of tetrazole rings is 1. The molecule has 0 radical (unpaired) electrons. The topological polar surface area (TPSA) is 116 Å². The van der Waals surface area contributed by atoms with E-state index in [2.05, 4.69) is 20.8 Å². The highest BCUT2D eigenvalue weighted by atomic mass is 32.2. The maximum atomic E-state index is 11.5. The number of nitrogens with one attached hydrogen (secondary N) is 1. The first kappa shape index (κ1) is 15.4. The molecule has 0 saturated carbocycles. The molecule has 0 aliphatic rings. The van der Waals surface area contributed by atoms with Crippen molar-refractivity contribution in [3.8, 4) is 0 Å². The molecule has 0 bridgehead atoms. The van der Waals surface area contributed by atoms with Crippen molar-refractivity contribution in [2.24, 2.45) is 18.7 Å². The maximum Gasteiger partial charge on any atom is 0.220 e. The number of nitrogens with two attached hydrogens (primary N) is 1. The summed E-state index contributed by atoms with van der Waals surface area (Å²) in [5.74, 6) is 0.189. The third-order valence-electron chi connectivity index (χ3n) is 2.32. The Bertz CT molecular complexity index is 435. The van der Waals surface area contributed by atoms with Crippen LogP contribution in [0.1, 0.15) is 19.8 Å². The normalized spacial score (nSPS) is 12.1. The number of nitrogens with zero attached hydrogens (tertiary/aromatic N) is 4. The van der Waals surface area contributed by atoms with Crippen molar-refractivity contribution in [2.75, 3.05) is 12.3 Å². The zero-order chi connectivity index (χ0) is 14.3. The minimum absolute atomic E-state index is 0.0342. The van der Waals surface area contributed by atoms with E-state index < -0.39 is 0 Å². The maximum absolute atomic E-state index is 11.5. The summed E-state index contributed by atoms with van der Waals surface area (Å²) in [6.07, 6.45) is 0.534. The minimum Gasteiger partial charge on any atom is -0.370 e. The van der Waals surface area contributed by atoms with Gasteiger partial charge in [-0.25, -0.2) is 4.68 Å². The number of hydrogen-bond acceptors (Lipinski definition) is 6. The Morgan fingerprint density at radius 3 is 2.79 bits per heavy atom. The van der Waals surface area contributed by atoms with Crippen LogP contribution in [0.25, 0.3) is 0 Å². The summed E-state index contributed by atoms with van der Waals surface area (Å²) >= 11 is 1.46. The molecule has 0 saturated heterocycles. The second kappa shape index (κ2) is 7.72. The summed E-state index contributed by atoms with van der Waals surface area (Å²) in [7, 11) is 1.76. The van der Waals surface area contributed by atoms with Gasteiger partial charge in [-0.05, 0) is 16.3 Å². The molecule has 0 fully saturated rings. The molecule has 3 N–H and O–H groups in total. The van der Waals surface area contributed by atoms with Crippen LogP contribution in [0.15, 0.2) is 5.16 Å². The predicted molar refractivity (Wildman–Crippen MR) is 70.1 cm³/mol. The van der Waals surface area contributed by atoms with Crippen molar-refractivity contribution in [2.45, 2.75) is 24.9 Å². The van der Waals surface area contributed by atoms with Crippen LogP contribution in [0.2, 0.25) is 0 Å². The Morgan fingerprint density at radius 1 is 1.47 bits per heavy atom. The molecule has 8 nitrogen and oxygen atoms in total. The van der Waals surface area contributed by atoms with Crippen molar-refractivity contribution >= 4 is 23.6 Å². The molecule has 1 rings (SSSR count). The van der Waals surface area contributed by atoms with E-state index in [0.29, 0.717) is 23.9 Å². The molecule has 106 valence electrons. The summed E-state index contributed by atoms with van der Waals surface area (Å²) < 4.78 is 1.57. The molecule has 1 aromatic heterocycles. The highest BCUT2D eigenvalue weighted by molar-refractivity contribution is 7.99. The van der Waals surface area contributed by atoms with Gasteiger partial charge < -0.3 is 11.1 Å². The smallest absolute Gasteiger partial charge is 0.220 e. The molecule has 19 heavy (non-hydrogen) atoms. The number of hydrogen-bond donors (Lipinski definition) is 2. The number of rotatable bonds is 8. The number of carbonyl (C=O) groups is 2. The van der Waals surface area contributed by atoms with Gasteiger partial charge in [-0.15, -0.1) is 5.10 Å². The van der Waals surface area contributed by atoms with Gasteiger partial charge in [-0.3, -0.25) is 9.59 Å². The van der Waals surface area contributed by atoms with Crippen LogP contribution in [0.5, 0.6) is 0 Å². The minimum atomic E-state index is -0.384. The van der Waals surface area contributed by atoms with Gasteiger partial charge in [0.2, 0.25) is 17.0 Å². The average molecular weight is 286 g/mol. The van der Waals surface area contributed by atoms with Gasteiger partial charge in [0.25, 0.3) is 0 Å². The van der Waals surface area contributed by atoms with Gasteiger partial charge in [0.15, 0.2) is 0 Å². The lowest BCUT2D eigenvalue weighted by Crippen LogP contribution is -2.28. The first-order valence-electron chi connectivity index (χ1n) is 5.89. The SMILES string of the molecule is C[C@H](CC(N)=O)CC(=O)NCCSc1nnnn1C. The van der Waals surface area contributed by atoms with E-state index in [1.807, 2.05) is 6.92 Å². The molecular weight excluding hydrogens is 268 g/mol. The number of amides is 2. The van der Waals surface area contributed by atoms with Crippen molar-refractivity contribution < 1.29 is 9.59 Å². The van der Waals surface area contributed by atoms with Crippen LogP contribution in [0.4, 0.5) is 0 Å². The van der Waals surface area contributed by atoms with Gasteiger partial charge in [0.05, 0.1) is 0 Å². The first-order chi connectivity index (χ1) is 8.99. The largest absolute Gasteiger partial charge is 0.370 e. The van der Waals surface area contributed by atoms with Gasteiger partial charge >= 0.3 is 0 Å². The van der Waals surface area contributed by atoms with Gasteiger partial charge in [0.1, 0.15) is 0 Å². The quantitative estimate of drug-likeness (QED) is 0.483. The fourth-order valence-corrected chi connectivity index (χ4v) is 2.18. The third-order valence-corrected chi connectivity index (χ3v) is 3.33. The van der Waals surface area contributed by atoms with Crippen LogP contribution >= 0.6 is 11.8 Å². The second-order valence-electron chi connectivity index (χ2n) is 4.26. The van der Waals surface area contributed by atoms with Crippen LogP contribution in [0.3, 0.4) is 0 Å². The monoisotopic (exact) mass is 286 g/mol. The van der Waals surface area contributed by atoms with Gasteiger partial charge in [-0.1, -0.05) is 18.7 Å². The Balaban J connectivity index is 2.14. The number of aromatic nitrogens is 4. The first-order valence-corrected chi connectivity index (χ1v) is 6.87. The third kappa shape index (κ3) is 6.18. The highest BCUT2D eigenvalue weighted by Crippen LogP contribution is 2.11. The lowest BCUT2D eigenvalue weighted by atomic mass is 10.0.